The Morgan fingerprint density at radius 2 is 1.62 bits per heavy atom. The van der Waals surface area contributed by atoms with Crippen LogP contribution in [0.5, 0.6) is 17.2 Å². The molecule has 0 radical (unpaired) electrons. The number of nitrogens with one attached hydrogen (secondary N) is 1. The summed E-state index contributed by atoms with van der Waals surface area (Å²) >= 11 is 0. The average Bonchev–Trinajstić information content (AvgIpc) is 2.90. The quantitative estimate of drug-likeness (QED) is 0.227. The topological polar surface area (TPSA) is 104 Å². The van der Waals surface area contributed by atoms with Crippen molar-refractivity contribution < 1.29 is 28.2 Å². The van der Waals surface area contributed by atoms with E-state index in [1.165, 1.54) is 24.5 Å². The molecule has 190 valence electrons. The average molecular weight is 502 g/mol. The van der Waals surface area contributed by atoms with Crippen molar-refractivity contribution in [3.05, 3.63) is 101 Å². The lowest BCUT2D eigenvalue weighted by atomic mass is 10.0. The molecule has 1 N–H and O–H groups in total. The van der Waals surface area contributed by atoms with Gasteiger partial charge in [-0.1, -0.05) is 62.4 Å². The van der Waals surface area contributed by atoms with Crippen molar-refractivity contribution in [2.75, 3.05) is 0 Å². The van der Waals surface area contributed by atoms with Crippen LogP contribution in [0, 0.1) is 5.92 Å². The molecule has 1 amide bonds. The molecule has 0 spiro atoms. The molecule has 0 aliphatic heterocycles. The molecule has 0 fully saturated rings. The second kappa shape index (κ2) is 11.9. The maximum Gasteiger partial charge on any atom is 0.408 e. The molecule has 0 saturated carbocycles. The van der Waals surface area contributed by atoms with Crippen molar-refractivity contribution in [1.29, 1.82) is 0 Å². The van der Waals surface area contributed by atoms with Gasteiger partial charge in [-0.25, -0.2) is 9.59 Å². The Morgan fingerprint density at radius 3 is 2.32 bits per heavy atom. The van der Waals surface area contributed by atoms with Crippen molar-refractivity contribution in [3.8, 4) is 17.2 Å². The van der Waals surface area contributed by atoms with Crippen molar-refractivity contribution in [3.63, 3.8) is 0 Å². The maximum atomic E-state index is 12.9. The van der Waals surface area contributed by atoms with Crippen molar-refractivity contribution in [1.82, 2.24) is 5.32 Å². The third-order valence-corrected chi connectivity index (χ3v) is 5.40. The van der Waals surface area contributed by atoms with Gasteiger partial charge in [0.05, 0.1) is 5.39 Å². The minimum atomic E-state index is -0.923. The number of amides is 1. The molecule has 1 atom stereocenters. The number of rotatable bonds is 9. The van der Waals surface area contributed by atoms with Crippen LogP contribution in [0.25, 0.3) is 11.0 Å². The minimum Gasteiger partial charge on any atom is -0.460 e. The lowest BCUT2D eigenvalue weighted by Gasteiger charge is -2.19. The molecule has 1 heterocycles. The van der Waals surface area contributed by atoms with Crippen molar-refractivity contribution >= 4 is 23.0 Å². The van der Waals surface area contributed by atoms with Gasteiger partial charge < -0.3 is 23.9 Å². The molecule has 4 aromatic rings. The third kappa shape index (κ3) is 6.98. The van der Waals surface area contributed by atoms with E-state index in [4.69, 9.17) is 18.6 Å². The van der Waals surface area contributed by atoms with Gasteiger partial charge >= 0.3 is 12.1 Å². The van der Waals surface area contributed by atoms with Gasteiger partial charge in [-0.3, -0.25) is 4.79 Å². The van der Waals surface area contributed by atoms with Crippen LogP contribution in [0.15, 0.2) is 94.3 Å². The Bertz CT molecular complexity index is 1410. The number of alkyl carbamates (subject to hydrolysis) is 1. The summed E-state index contributed by atoms with van der Waals surface area (Å²) in [5, 5.41) is 2.86. The highest BCUT2D eigenvalue weighted by atomic mass is 16.6. The highest BCUT2D eigenvalue weighted by molar-refractivity contribution is 5.84. The fourth-order valence-corrected chi connectivity index (χ4v) is 3.62. The molecule has 3 aromatic carbocycles. The third-order valence-electron chi connectivity index (χ3n) is 5.40. The first-order valence-corrected chi connectivity index (χ1v) is 11.9. The molecule has 8 heteroatoms. The van der Waals surface area contributed by atoms with Crippen LogP contribution in [0.4, 0.5) is 4.79 Å². The number of hydrogen-bond acceptors (Lipinski definition) is 7. The maximum absolute atomic E-state index is 12.9. The summed E-state index contributed by atoms with van der Waals surface area (Å²) in [6.07, 6.45) is 0.846. The smallest absolute Gasteiger partial charge is 0.408 e. The first-order valence-electron chi connectivity index (χ1n) is 11.9. The molecular weight excluding hydrogens is 474 g/mol. The number of para-hydroxylation sites is 1. The van der Waals surface area contributed by atoms with Gasteiger partial charge in [-0.2, -0.15) is 0 Å². The molecule has 0 aliphatic carbocycles. The van der Waals surface area contributed by atoms with Gasteiger partial charge in [-0.05, 0) is 42.2 Å². The Hall–Kier alpha value is -4.59. The largest absolute Gasteiger partial charge is 0.460 e. The highest BCUT2D eigenvalue weighted by Gasteiger charge is 2.25. The van der Waals surface area contributed by atoms with Crippen LogP contribution in [-0.2, 0) is 16.1 Å². The summed E-state index contributed by atoms with van der Waals surface area (Å²) in [6.45, 7) is 3.93. The number of carbonyl (C=O) groups is 2. The van der Waals surface area contributed by atoms with E-state index in [1.54, 1.807) is 24.3 Å². The second-order valence-corrected chi connectivity index (χ2v) is 8.81. The van der Waals surface area contributed by atoms with Crippen LogP contribution in [0.3, 0.4) is 0 Å². The molecule has 4 rings (SSSR count). The van der Waals surface area contributed by atoms with E-state index in [0.717, 1.165) is 5.56 Å². The summed E-state index contributed by atoms with van der Waals surface area (Å²) in [6, 6.07) is 21.6. The number of hydrogen-bond donors (Lipinski definition) is 1. The molecule has 1 unspecified atom stereocenters. The molecule has 8 nitrogen and oxygen atoms in total. The molecular formula is C29H27NO7. The monoisotopic (exact) mass is 501 g/mol. The van der Waals surface area contributed by atoms with E-state index in [-0.39, 0.29) is 40.4 Å². The van der Waals surface area contributed by atoms with E-state index in [2.05, 4.69) is 5.32 Å². The lowest BCUT2D eigenvalue weighted by molar-refractivity contribution is -0.137. The van der Waals surface area contributed by atoms with Gasteiger partial charge in [0.25, 0.3) is 0 Å². The van der Waals surface area contributed by atoms with Gasteiger partial charge in [0.1, 0.15) is 36.0 Å². The first-order chi connectivity index (χ1) is 17.9. The molecule has 0 aliphatic rings. The zero-order chi connectivity index (χ0) is 26.2. The number of carbonyl (C=O) groups excluding carboxylic acids is 2. The van der Waals surface area contributed by atoms with Gasteiger partial charge in [-0.15, -0.1) is 0 Å². The van der Waals surface area contributed by atoms with Crippen molar-refractivity contribution in [2.24, 2.45) is 5.92 Å². The van der Waals surface area contributed by atoms with E-state index < -0.39 is 18.1 Å². The van der Waals surface area contributed by atoms with E-state index in [0.29, 0.717) is 12.2 Å². The standard InChI is InChI=1S/C29H27NO7/c1-19(2)15-24(30-29(33)35-17-20-9-5-3-6-10-20)28(32)37-22-13-14-23-25(16-22)34-18-26(27(23)31)36-21-11-7-4-8-12-21/h3-14,16,18-19,24H,15,17H2,1-2H3,(H,30,33). The Balaban J connectivity index is 1.44. The second-order valence-electron chi connectivity index (χ2n) is 8.81. The number of fused-ring (bicyclic) bond motifs is 1. The van der Waals surface area contributed by atoms with E-state index in [9.17, 15) is 14.4 Å². The summed E-state index contributed by atoms with van der Waals surface area (Å²) in [5.74, 6) is 0.163. The van der Waals surface area contributed by atoms with E-state index in [1.807, 2.05) is 50.2 Å². The first kappa shape index (κ1) is 25.5. The number of benzene rings is 3. The Morgan fingerprint density at radius 1 is 0.919 bits per heavy atom. The summed E-state index contributed by atoms with van der Waals surface area (Å²) in [5.41, 5.74) is 0.700. The van der Waals surface area contributed by atoms with Crippen molar-refractivity contribution in [2.45, 2.75) is 32.9 Å². The molecule has 1 aromatic heterocycles. The minimum absolute atomic E-state index is 0.0404. The normalized spacial score (nSPS) is 11.6. The fraction of sp³-hybridized carbons (Fsp3) is 0.207. The predicted molar refractivity (Wildman–Crippen MR) is 138 cm³/mol. The molecule has 37 heavy (non-hydrogen) atoms. The fourth-order valence-electron chi connectivity index (χ4n) is 3.62. The SMILES string of the molecule is CC(C)CC(NC(=O)OCc1ccccc1)C(=O)Oc1ccc2c(=O)c(Oc3ccccc3)coc2c1. The summed E-state index contributed by atoms with van der Waals surface area (Å²) in [4.78, 5) is 38.1. The van der Waals surface area contributed by atoms with Gasteiger partial charge in [0.15, 0.2) is 0 Å². The van der Waals surface area contributed by atoms with Gasteiger partial charge in [0.2, 0.25) is 11.2 Å². The highest BCUT2D eigenvalue weighted by Crippen LogP contribution is 2.24. The molecule has 0 saturated heterocycles. The Labute approximate surface area is 213 Å². The number of ether oxygens (including phenoxy) is 3. The summed E-state index contributed by atoms with van der Waals surface area (Å²) in [7, 11) is 0. The number of esters is 1. The Kier molecular flexibility index (Phi) is 8.20. The van der Waals surface area contributed by atoms with Crippen LogP contribution in [-0.4, -0.2) is 18.1 Å². The zero-order valence-corrected chi connectivity index (χ0v) is 20.5. The molecule has 0 bridgehead atoms. The predicted octanol–water partition coefficient (Wildman–Crippen LogP) is 5.83. The van der Waals surface area contributed by atoms with Crippen LogP contribution in [0.2, 0.25) is 0 Å². The van der Waals surface area contributed by atoms with Crippen LogP contribution in [0.1, 0.15) is 25.8 Å². The lowest BCUT2D eigenvalue weighted by Crippen LogP contribution is -2.44. The van der Waals surface area contributed by atoms with Gasteiger partial charge in [0, 0.05) is 6.07 Å². The van der Waals surface area contributed by atoms with Crippen LogP contribution >= 0.6 is 0 Å². The van der Waals surface area contributed by atoms with E-state index >= 15 is 0 Å². The zero-order valence-electron chi connectivity index (χ0n) is 20.5. The van der Waals surface area contributed by atoms with Crippen LogP contribution < -0.4 is 20.2 Å². The summed E-state index contributed by atoms with van der Waals surface area (Å²) < 4.78 is 22.0.